The van der Waals surface area contributed by atoms with Crippen LogP contribution in [0.4, 0.5) is 9.59 Å². The number of nitrogens with zero attached hydrogens (tertiary/aromatic N) is 2. The molecule has 2 aromatic rings. The van der Waals surface area contributed by atoms with Gasteiger partial charge >= 0.3 is 18.2 Å². The van der Waals surface area contributed by atoms with Gasteiger partial charge in [0.25, 0.3) is 5.91 Å². The number of fused-ring (bicyclic) bond motifs is 2. The fourth-order valence-electron chi connectivity index (χ4n) is 7.94. The van der Waals surface area contributed by atoms with Crippen molar-refractivity contribution < 1.29 is 56.5 Å². The minimum atomic E-state index is -3.92. The summed E-state index contributed by atoms with van der Waals surface area (Å²) < 4.78 is 44.6. The van der Waals surface area contributed by atoms with Crippen molar-refractivity contribution in [2.45, 2.75) is 139 Å². The highest BCUT2D eigenvalue weighted by molar-refractivity contribution is 7.91. The Balaban J connectivity index is 1.04. The third-order valence-corrected chi connectivity index (χ3v) is 13.4. The number of pyridine rings is 1. The van der Waals surface area contributed by atoms with Gasteiger partial charge in [-0.05, 0) is 116 Å². The number of benzene rings is 1. The van der Waals surface area contributed by atoms with Gasteiger partial charge in [0.15, 0.2) is 0 Å². The van der Waals surface area contributed by atoms with Crippen LogP contribution in [-0.4, -0.2) is 114 Å². The predicted octanol–water partition coefficient (Wildman–Crippen LogP) is 4.98. The normalized spacial score (nSPS) is 24.3. The third-order valence-electron chi connectivity index (χ3n) is 11.5. The number of nitrogens with one attached hydrogen (secondary N) is 4. The molecule has 3 fully saturated rings. The van der Waals surface area contributed by atoms with Crippen LogP contribution in [0.5, 0.6) is 5.75 Å². The van der Waals surface area contributed by atoms with Crippen LogP contribution >= 0.6 is 0 Å². The van der Waals surface area contributed by atoms with Crippen LogP contribution in [-0.2, 0) is 33.9 Å². The van der Waals surface area contributed by atoms with Gasteiger partial charge in [0.05, 0.1) is 30.2 Å². The van der Waals surface area contributed by atoms with Gasteiger partial charge in [0.2, 0.25) is 21.8 Å². The number of allylic oxidation sites excluding steroid dienone is 1. The molecule has 4 aliphatic rings. The van der Waals surface area contributed by atoms with E-state index >= 15 is 0 Å². The molecule has 64 heavy (non-hydrogen) atoms. The highest BCUT2D eigenvalue weighted by Crippen LogP contribution is 2.46. The van der Waals surface area contributed by atoms with Crippen molar-refractivity contribution in [3.63, 3.8) is 0 Å². The lowest BCUT2D eigenvalue weighted by Crippen LogP contribution is -2.58. The predicted molar refractivity (Wildman–Crippen MR) is 233 cm³/mol. The molecule has 6 rings (SSSR count). The largest absolute Gasteiger partial charge is 0.494 e. The number of carbonyl (C=O) groups excluding carboxylic acids is 5. The van der Waals surface area contributed by atoms with Crippen LogP contribution in [0.2, 0.25) is 0 Å². The standard InChI is InChI=1S/C45H60N6O12S/c1-44(2,3)63-43(58)46-31-26-37-38(52)49-45(41(56)50-64(59,60)33-21-22-33)27-30(45)16-9-5-4-6-10-18-35(39(53)51(37)28-31)48-42(57)62-24-12-8-7-11-23-61-32-17-13-15-29(25-32)34-19-14-20-36(47-34)40(54)55/h9,13-17,19-20,25,30-31,33,35,37H,4-8,10-12,18,21-24,26-28H2,1-3H3,(H,46,58)(H,48,57)(H,49,52)(H,50,56)(H,54,55)/b16-9-/t30-,31-,35+,37+,45-/m1/s1. The Hall–Kier alpha value is -5.72. The number of amides is 5. The van der Waals surface area contributed by atoms with Gasteiger partial charge in [-0.1, -0.05) is 43.2 Å². The van der Waals surface area contributed by atoms with Crippen LogP contribution in [0.1, 0.15) is 115 Å². The van der Waals surface area contributed by atoms with Crippen LogP contribution in [0, 0.1) is 5.92 Å². The number of carbonyl (C=O) groups is 6. The van der Waals surface area contributed by atoms with E-state index in [9.17, 15) is 42.3 Å². The van der Waals surface area contributed by atoms with E-state index in [-0.39, 0.29) is 38.1 Å². The summed E-state index contributed by atoms with van der Waals surface area (Å²) in [6, 6.07) is 9.11. The summed E-state index contributed by atoms with van der Waals surface area (Å²) in [4.78, 5) is 85.1. The first-order valence-electron chi connectivity index (χ1n) is 22.2. The lowest BCUT2D eigenvalue weighted by Gasteiger charge is -2.30. The second-order valence-corrected chi connectivity index (χ2v) is 19.9. The van der Waals surface area contributed by atoms with Crippen LogP contribution < -0.4 is 25.4 Å². The van der Waals surface area contributed by atoms with E-state index in [1.807, 2.05) is 30.4 Å². The number of sulfonamides is 1. The molecule has 0 unspecified atom stereocenters. The zero-order chi connectivity index (χ0) is 46.1. The van der Waals surface area contributed by atoms with Crippen molar-refractivity contribution in [3.8, 4) is 17.0 Å². The quantitative estimate of drug-likeness (QED) is 0.117. The second-order valence-electron chi connectivity index (χ2n) is 17.9. The molecule has 1 saturated heterocycles. The van der Waals surface area contributed by atoms with Gasteiger partial charge in [-0.15, -0.1) is 0 Å². The lowest BCUT2D eigenvalue weighted by atomic mass is 10.0. The van der Waals surface area contributed by atoms with E-state index in [2.05, 4.69) is 25.7 Å². The van der Waals surface area contributed by atoms with Crippen LogP contribution in [0.15, 0.2) is 54.6 Å². The lowest BCUT2D eigenvalue weighted by molar-refractivity contribution is -0.141. The Morgan fingerprint density at radius 2 is 1.69 bits per heavy atom. The fourth-order valence-corrected chi connectivity index (χ4v) is 9.30. The summed E-state index contributed by atoms with van der Waals surface area (Å²) in [7, 11) is -3.92. The highest BCUT2D eigenvalue weighted by Gasteiger charge is 2.62. The molecule has 0 spiro atoms. The molecule has 1 aromatic heterocycles. The molecule has 5 amide bonds. The summed E-state index contributed by atoms with van der Waals surface area (Å²) >= 11 is 0. The van der Waals surface area contributed by atoms with Gasteiger partial charge in [0.1, 0.15) is 34.7 Å². The number of unbranched alkanes of at least 4 members (excludes halogenated alkanes) is 3. The summed E-state index contributed by atoms with van der Waals surface area (Å²) in [5.41, 5.74) is -1.15. The molecule has 0 radical (unpaired) electrons. The molecular weight excluding hydrogens is 849 g/mol. The first kappa shape index (κ1) is 47.8. The van der Waals surface area contributed by atoms with Gasteiger partial charge in [0, 0.05) is 18.0 Å². The van der Waals surface area contributed by atoms with Crippen molar-refractivity contribution >= 4 is 45.9 Å². The van der Waals surface area contributed by atoms with Crippen LogP contribution in [0.25, 0.3) is 11.3 Å². The molecule has 2 aliphatic carbocycles. The summed E-state index contributed by atoms with van der Waals surface area (Å²) in [5.74, 6) is -3.02. The van der Waals surface area contributed by atoms with Crippen molar-refractivity contribution in [2.24, 2.45) is 5.92 Å². The average Bonchev–Trinajstić information content (AvgIpc) is 4.17. The molecule has 348 valence electrons. The Kier molecular flexibility index (Phi) is 15.6. The van der Waals surface area contributed by atoms with Gasteiger partial charge in [-0.2, -0.15) is 0 Å². The Bertz CT molecular complexity index is 2190. The number of alkyl carbamates (subject to hydrolysis) is 2. The number of hydrogen-bond donors (Lipinski definition) is 5. The Labute approximate surface area is 373 Å². The summed E-state index contributed by atoms with van der Waals surface area (Å²) in [6.07, 6.45) is 9.05. The molecule has 1 aromatic carbocycles. The minimum Gasteiger partial charge on any atom is -0.494 e. The molecular formula is C45H60N6O12S. The monoisotopic (exact) mass is 908 g/mol. The maximum absolute atomic E-state index is 14.4. The molecule has 19 heteroatoms. The van der Waals surface area contributed by atoms with Crippen molar-refractivity contribution in [2.75, 3.05) is 19.8 Å². The number of aromatic nitrogens is 1. The van der Waals surface area contributed by atoms with E-state index in [0.29, 0.717) is 50.2 Å². The van der Waals surface area contributed by atoms with Gasteiger partial charge < -0.3 is 40.2 Å². The minimum absolute atomic E-state index is 0.0233. The van der Waals surface area contributed by atoms with Crippen molar-refractivity contribution in [1.82, 2.24) is 30.6 Å². The van der Waals surface area contributed by atoms with Crippen molar-refractivity contribution in [1.29, 1.82) is 0 Å². The number of carboxylic acid groups (broad SMARTS) is 1. The smallest absolute Gasteiger partial charge is 0.407 e. The average molecular weight is 909 g/mol. The number of aromatic carboxylic acids is 1. The third kappa shape index (κ3) is 13.2. The molecule has 5 N–H and O–H groups in total. The SMILES string of the molecule is CC(C)(C)OC(=O)N[C@@H]1C[C@H]2C(=O)N[C@]3(C(=O)NS(=O)(=O)C4CC4)C[C@H]3/C=C\CCCCC[C@H](NC(=O)OCCCCCCOc3cccc(-c4cccc(C(=O)O)n4)c3)C(=O)N2C1. The zero-order valence-corrected chi connectivity index (χ0v) is 37.5. The summed E-state index contributed by atoms with van der Waals surface area (Å²) in [5, 5.41) is 16.9. The first-order valence-corrected chi connectivity index (χ1v) is 23.7. The van der Waals surface area contributed by atoms with E-state index in [0.717, 1.165) is 37.7 Å². The molecule has 2 saturated carbocycles. The van der Waals surface area contributed by atoms with Crippen LogP contribution in [0.3, 0.4) is 0 Å². The summed E-state index contributed by atoms with van der Waals surface area (Å²) in [6.45, 7) is 5.57. The molecule has 5 atom stereocenters. The number of rotatable bonds is 15. The van der Waals surface area contributed by atoms with E-state index < -0.39 is 86.3 Å². The van der Waals surface area contributed by atoms with E-state index in [1.165, 1.54) is 11.0 Å². The number of carboxylic acids is 1. The first-order chi connectivity index (χ1) is 30.4. The van der Waals surface area contributed by atoms with E-state index in [4.69, 9.17) is 14.2 Å². The Morgan fingerprint density at radius 1 is 0.938 bits per heavy atom. The van der Waals surface area contributed by atoms with Gasteiger partial charge in [-0.25, -0.2) is 27.8 Å². The number of hydrogen-bond acceptors (Lipinski definition) is 12. The van der Waals surface area contributed by atoms with Gasteiger partial charge in [-0.3, -0.25) is 19.1 Å². The maximum Gasteiger partial charge on any atom is 0.407 e. The molecule has 3 heterocycles. The molecule has 2 aliphatic heterocycles. The highest BCUT2D eigenvalue weighted by atomic mass is 32.2. The molecule has 18 nitrogen and oxygen atoms in total. The Morgan fingerprint density at radius 3 is 2.42 bits per heavy atom. The fraction of sp³-hybridized carbons (Fsp3) is 0.578. The van der Waals surface area contributed by atoms with Crippen molar-refractivity contribution in [3.05, 3.63) is 60.3 Å². The van der Waals surface area contributed by atoms with E-state index in [1.54, 1.807) is 39.0 Å². The second kappa shape index (κ2) is 20.9. The molecule has 0 bridgehead atoms. The topological polar surface area (TPSA) is 249 Å². The maximum atomic E-state index is 14.4. The zero-order valence-electron chi connectivity index (χ0n) is 36.6. The number of ether oxygens (including phenoxy) is 3.